The van der Waals surface area contributed by atoms with Gasteiger partial charge >= 0.3 is 0 Å². The molecule has 0 bridgehead atoms. The minimum atomic E-state index is 0.356. The molecule has 1 aliphatic carbocycles. The topological polar surface area (TPSA) is 97.0 Å². The monoisotopic (exact) mass is 447 g/mol. The van der Waals surface area contributed by atoms with Gasteiger partial charge in [0.2, 0.25) is 5.95 Å². The number of H-pyrrole nitrogens is 1. The highest BCUT2D eigenvalue weighted by molar-refractivity contribution is 5.84. The first-order valence-corrected chi connectivity index (χ1v) is 12.3. The SMILES string of the molecule is CN1CCN(c2ccc3nc(-c4cnc(NC5CC5)nc4N[C@H]4CCCNC4)[nH]c3c2)CC1. The quantitative estimate of drug-likeness (QED) is 0.458. The molecular weight excluding hydrogens is 414 g/mol. The molecule has 3 fully saturated rings. The number of benzene rings is 1. The number of rotatable bonds is 6. The molecule has 3 aromatic rings. The smallest absolute Gasteiger partial charge is 0.224 e. The van der Waals surface area contributed by atoms with E-state index in [4.69, 9.17) is 9.97 Å². The average molecular weight is 448 g/mol. The summed E-state index contributed by atoms with van der Waals surface area (Å²) < 4.78 is 0. The van der Waals surface area contributed by atoms with Crippen LogP contribution in [-0.4, -0.2) is 83.2 Å². The number of anilines is 3. The number of fused-ring (bicyclic) bond motifs is 1. The lowest BCUT2D eigenvalue weighted by molar-refractivity contribution is 0.313. The molecule has 4 N–H and O–H groups in total. The fraction of sp³-hybridized carbons (Fsp3) is 0.542. The lowest BCUT2D eigenvalue weighted by Crippen LogP contribution is -2.44. The molecule has 2 saturated heterocycles. The van der Waals surface area contributed by atoms with Crippen LogP contribution in [0.3, 0.4) is 0 Å². The minimum absolute atomic E-state index is 0.356. The number of aromatic amines is 1. The number of aromatic nitrogens is 4. The summed E-state index contributed by atoms with van der Waals surface area (Å²) in [4.78, 5) is 22.7. The van der Waals surface area contributed by atoms with E-state index in [2.05, 4.69) is 61.0 Å². The Balaban J connectivity index is 1.30. The van der Waals surface area contributed by atoms with Crippen LogP contribution < -0.4 is 20.9 Å². The van der Waals surface area contributed by atoms with Crippen LogP contribution >= 0.6 is 0 Å². The summed E-state index contributed by atoms with van der Waals surface area (Å²) in [7, 11) is 2.18. The molecule has 9 heteroatoms. The number of imidazole rings is 1. The molecule has 9 nitrogen and oxygen atoms in total. The third kappa shape index (κ3) is 4.60. The molecule has 4 heterocycles. The van der Waals surface area contributed by atoms with Crippen molar-refractivity contribution < 1.29 is 0 Å². The van der Waals surface area contributed by atoms with Crippen molar-refractivity contribution in [1.29, 1.82) is 0 Å². The molecule has 3 aliphatic rings. The second-order valence-electron chi connectivity index (χ2n) is 9.64. The van der Waals surface area contributed by atoms with Gasteiger partial charge in [-0.2, -0.15) is 4.98 Å². The largest absolute Gasteiger partial charge is 0.369 e. The first-order valence-electron chi connectivity index (χ1n) is 12.3. The zero-order chi connectivity index (χ0) is 22.2. The number of hydrogen-bond donors (Lipinski definition) is 4. The third-order valence-corrected chi connectivity index (χ3v) is 6.93. The Labute approximate surface area is 194 Å². The Kier molecular flexibility index (Phi) is 5.51. The van der Waals surface area contributed by atoms with Gasteiger partial charge in [0.25, 0.3) is 0 Å². The molecule has 1 aromatic carbocycles. The van der Waals surface area contributed by atoms with Gasteiger partial charge in [-0.3, -0.25) is 0 Å². The van der Waals surface area contributed by atoms with E-state index in [1.165, 1.54) is 24.9 Å². The highest BCUT2D eigenvalue weighted by atomic mass is 15.2. The van der Waals surface area contributed by atoms with Crippen molar-refractivity contribution in [3.8, 4) is 11.4 Å². The van der Waals surface area contributed by atoms with Crippen molar-refractivity contribution >= 4 is 28.5 Å². The van der Waals surface area contributed by atoms with E-state index in [-0.39, 0.29) is 0 Å². The van der Waals surface area contributed by atoms with Crippen LogP contribution in [0.25, 0.3) is 22.4 Å². The van der Waals surface area contributed by atoms with E-state index in [9.17, 15) is 0 Å². The lowest BCUT2D eigenvalue weighted by Gasteiger charge is -2.34. The first-order chi connectivity index (χ1) is 16.2. The van der Waals surface area contributed by atoms with Gasteiger partial charge in [-0.25, -0.2) is 9.97 Å². The van der Waals surface area contributed by atoms with Gasteiger partial charge in [0.05, 0.1) is 16.6 Å². The number of piperidine rings is 1. The molecule has 0 amide bonds. The van der Waals surface area contributed by atoms with Crippen LogP contribution in [0.1, 0.15) is 25.7 Å². The van der Waals surface area contributed by atoms with Gasteiger partial charge in [0, 0.05) is 56.7 Å². The predicted octanol–water partition coefficient (Wildman–Crippen LogP) is 2.51. The van der Waals surface area contributed by atoms with Gasteiger partial charge in [0.1, 0.15) is 11.6 Å². The average Bonchev–Trinajstić information content (AvgIpc) is 3.55. The summed E-state index contributed by atoms with van der Waals surface area (Å²) in [6.45, 7) is 6.32. The molecule has 33 heavy (non-hydrogen) atoms. The molecule has 0 unspecified atom stereocenters. The predicted molar refractivity (Wildman–Crippen MR) is 133 cm³/mol. The Morgan fingerprint density at radius 1 is 1.00 bits per heavy atom. The minimum Gasteiger partial charge on any atom is -0.369 e. The van der Waals surface area contributed by atoms with Gasteiger partial charge < -0.3 is 30.7 Å². The van der Waals surface area contributed by atoms with E-state index in [1.54, 1.807) is 0 Å². The van der Waals surface area contributed by atoms with Crippen LogP contribution in [0.15, 0.2) is 24.4 Å². The van der Waals surface area contributed by atoms with Crippen molar-refractivity contribution in [2.45, 2.75) is 37.8 Å². The van der Waals surface area contributed by atoms with Crippen LogP contribution in [0.2, 0.25) is 0 Å². The lowest BCUT2D eigenvalue weighted by atomic mass is 10.1. The summed E-state index contributed by atoms with van der Waals surface area (Å²) in [6, 6.07) is 7.39. The van der Waals surface area contributed by atoms with Crippen molar-refractivity contribution in [3.63, 3.8) is 0 Å². The number of piperazine rings is 1. The van der Waals surface area contributed by atoms with E-state index in [1.807, 2.05) is 6.20 Å². The molecular formula is C24H33N9. The van der Waals surface area contributed by atoms with Crippen molar-refractivity contribution in [3.05, 3.63) is 24.4 Å². The summed E-state index contributed by atoms with van der Waals surface area (Å²) >= 11 is 0. The summed E-state index contributed by atoms with van der Waals surface area (Å²) in [5, 5.41) is 10.6. The number of nitrogens with one attached hydrogen (secondary N) is 4. The molecule has 6 rings (SSSR count). The molecule has 1 saturated carbocycles. The van der Waals surface area contributed by atoms with Gasteiger partial charge in [-0.15, -0.1) is 0 Å². The van der Waals surface area contributed by atoms with Gasteiger partial charge in [-0.1, -0.05) is 0 Å². The number of hydrogen-bond acceptors (Lipinski definition) is 8. The highest BCUT2D eigenvalue weighted by Gasteiger charge is 2.24. The number of likely N-dealkylation sites (N-methyl/N-ethyl adjacent to an activating group) is 1. The van der Waals surface area contributed by atoms with Gasteiger partial charge in [-0.05, 0) is 57.5 Å². The normalized spacial score (nSPS) is 22.0. The zero-order valence-electron chi connectivity index (χ0n) is 19.3. The van der Waals surface area contributed by atoms with Crippen molar-refractivity contribution in [2.24, 2.45) is 0 Å². The van der Waals surface area contributed by atoms with E-state index in [0.717, 1.165) is 73.9 Å². The third-order valence-electron chi connectivity index (χ3n) is 6.93. The second-order valence-corrected chi connectivity index (χ2v) is 9.64. The van der Waals surface area contributed by atoms with E-state index >= 15 is 0 Å². The summed E-state index contributed by atoms with van der Waals surface area (Å²) in [5.74, 6) is 2.35. The molecule has 174 valence electrons. The Hall–Kier alpha value is -2.91. The van der Waals surface area contributed by atoms with E-state index < -0.39 is 0 Å². The van der Waals surface area contributed by atoms with Crippen LogP contribution in [-0.2, 0) is 0 Å². The van der Waals surface area contributed by atoms with Gasteiger partial charge in [0.15, 0.2) is 0 Å². The summed E-state index contributed by atoms with van der Waals surface area (Å²) in [5.41, 5.74) is 4.18. The first kappa shape index (κ1) is 20.7. The molecule has 2 aromatic heterocycles. The fourth-order valence-corrected chi connectivity index (χ4v) is 4.70. The van der Waals surface area contributed by atoms with Crippen LogP contribution in [0.4, 0.5) is 17.5 Å². The fourth-order valence-electron chi connectivity index (χ4n) is 4.70. The maximum Gasteiger partial charge on any atom is 0.224 e. The Morgan fingerprint density at radius 3 is 2.67 bits per heavy atom. The Bertz CT molecular complexity index is 1110. The highest BCUT2D eigenvalue weighted by Crippen LogP contribution is 2.31. The van der Waals surface area contributed by atoms with Crippen LogP contribution in [0, 0.1) is 0 Å². The van der Waals surface area contributed by atoms with Crippen molar-refractivity contribution in [2.75, 3.05) is 61.8 Å². The second kappa shape index (κ2) is 8.79. The molecule has 0 radical (unpaired) electrons. The standard InChI is InChI=1S/C24H33N9/c1-32-9-11-33(12-10-32)18-6-7-20-21(13-18)30-23(29-20)19-15-26-24(28-16-4-5-16)31-22(19)27-17-3-2-8-25-14-17/h6-7,13,15-17,25H,2-5,8-12,14H2,1H3,(H,29,30)(H2,26,27,28,31)/t17-/m0/s1. The van der Waals surface area contributed by atoms with Crippen LogP contribution in [0.5, 0.6) is 0 Å². The molecule has 2 aliphatic heterocycles. The summed E-state index contributed by atoms with van der Waals surface area (Å²) in [6.07, 6.45) is 6.59. The van der Waals surface area contributed by atoms with Crippen molar-refractivity contribution in [1.82, 2.24) is 30.2 Å². The maximum atomic E-state index is 4.90. The Morgan fingerprint density at radius 2 is 1.88 bits per heavy atom. The van der Waals surface area contributed by atoms with E-state index in [0.29, 0.717) is 18.0 Å². The molecule has 0 spiro atoms. The number of nitrogens with zero attached hydrogens (tertiary/aromatic N) is 5. The molecule has 1 atom stereocenters. The maximum absolute atomic E-state index is 4.90. The zero-order valence-corrected chi connectivity index (χ0v) is 19.3.